The predicted molar refractivity (Wildman–Crippen MR) is 79.4 cm³/mol. The molecule has 1 unspecified atom stereocenters. The quantitative estimate of drug-likeness (QED) is 0.856. The summed E-state index contributed by atoms with van der Waals surface area (Å²) in [5.41, 5.74) is 3.67. The van der Waals surface area contributed by atoms with Gasteiger partial charge in [0.25, 0.3) is 0 Å². The predicted octanol–water partition coefficient (Wildman–Crippen LogP) is 2.56. The van der Waals surface area contributed by atoms with Gasteiger partial charge in [-0.2, -0.15) is 5.10 Å². The van der Waals surface area contributed by atoms with Crippen LogP contribution < -0.4 is 0 Å². The largest absolute Gasteiger partial charge is 0.294 e. The highest BCUT2D eigenvalue weighted by atomic mass is 15.3. The summed E-state index contributed by atoms with van der Waals surface area (Å²) < 4.78 is 2.15. The van der Waals surface area contributed by atoms with Crippen LogP contribution in [0, 0.1) is 13.8 Å². The van der Waals surface area contributed by atoms with E-state index in [0.29, 0.717) is 6.04 Å². The van der Waals surface area contributed by atoms with E-state index in [4.69, 9.17) is 0 Å². The number of hydrogen-bond donors (Lipinski definition) is 0. The molecule has 0 aliphatic carbocycles. The zero-order chi connectivity index (χ0) is 13.9. The Morgan fingerprint density at radius 1 is 1.35 bits per heavy atom. The molecular weight excluding hydrogens is 248 g/mol. The summed E-state index contributed by atoms with van der Waals surface area (Å²) in [5.74, 6) is 0. The fraction of sp³-hybridized carbons (Fsp3) is 0.500. The minimum atomic E-state index is 0.591. The molecule has 4 heteroatoms. The molecule has 1 aliphatic heterocycles. The van der Waals surface area contributed by atoms with E-state index >= 15 is 0 Å². The van der Waals surface area contributed by atoms with Gasteiger partial charge in [-0.15, -0.1) is 0 Å². The van der Waals surface area contributed by atoms with E-state index in [0.717, 1.165) is 18.8 Å². The standard InChI is InChI=1S/C16H22N4/c1-13-9-14(2)20(18-13)12-16-6-4-8-19(16)11-15-5-3-7-17-10-15/h3,5,7,9-10,16H,4,6,8,11-12H2,1-2H3. The first-order valence-corrected chi connectivity index (χ1v) is 7.36. The summed E-state index contributed by atoms with van der Waals surface area (Å²) in [6.07, 6.45) is 6.35. The highest BCUT2D eigenvalue weighted by Gasteiger charge is 2.25. The van der Waals surface area contributed by atoms with E-state index in [1.54, 1.807) is 0 Å². The molecule has 0 radical (unpaired) electrons. The number of aryl methyl sites for hydroxylation is 2. The molecule has 0 saturated carbocycles. The minimum Gasteiger partial charge on any atom is -0.294 e. The van der Waals surface area contributed by atoms with Gasteiger partial charge < -0.3 is 0 Å². The SMILES string of the molecule is Cc1cc(C)n(CC2CCCN2Cc2cccnc2)n1. The molecule has 1 fully saturated rings. The Kier molecular flexibility index (Phi) is 3.83. The maximum Gasteiger partial charge on any atom is 0.0596 e. The molecule has 2 aromatic rings. The molecule has 0 bridgehead atoms. The van der Waals surface area contributed by atoms with Crippen molar-refractivity contribution in [3.63, 3.8) is 0 Å². The van der Waals surface area contributed by atoms with E-state index in [1.807, 2.05) is 18.5 Å². The van der Waals surface area contributed by atoms with Crippen LogP contribution in [0.3, 0.4) is 0 Å². The van der Waals surface area contributed by atoms with Crippen LogP contribution in [0.5, 0.6) is 0 Å². The first-order valence-electron chi connectivity index (χ1n) is 7.36. The fourth-order valence-corrected chi connectivity index (χ4v) is 3.10. The summed E-state index contributed by atoms with van der Waals surface area (Å²) in [6.45, 7) is 7.38. The minimum absolute atomic E-state index is 0.591. The topological polar surface area (TPSA) is 34.0 Å². The van der Waals surface area contributed by atoms with Crippen LogP contribution in [0.25, 0.3) is 0 Å². The lowest BCUT2D eigenvalue weighted by Gasteiger charge is -2.24. The maximum absolute atomic E-state index is 4.59. The van der Waals surface area contributed by atoms with Crippen molar-refractivity contribution in [2.24, 2.45) is 0 Å². The number of likely N-dealkylation sites (tertiary alicyclic amines) is 1. The van der Waals surface area contributed by atoms with Crippen molar-refractivity contribution >= 4 is 0 Å². The lowest BCUT2D eigenvalue weighted by atomic mass is 10.2. The van der Waals surface area contributed by atoms with Gasteiger partial charge >= 0.3 is 0 Å². The van der Waals surface area contributed by atoms with Gasteiger partial charge in [-0.05, 0) is 50.9 Å². The van der Waals surface area contributed by atoms with Crippen molar-refractivity contribution in [2.45, 2.75) is 45.8 Å². The third-order valence-corrected chi connectivity index (χ3v) is 4.09. The summed E-state index contributed by atoms with van der Waals surface area (Å²) in [4.78, 5) is 6.77. The summed E-state index contributed by atoms with van der Waals surface area (Å²) in [6, 6.07) is 6.92. The van der Waals surface area contributed by atoms with Gasteiger partial charge in [0.1, 0.15) is 0 Å². The fourth-order valence-electron chi connectivity index (χ4n) is 3.10. The van der Waals surface area contributed by atoms with Crippen molar-refractivity contribution in [2.75, 3.05) is 6.54 Å². The van der Waals surface area contributed by atoms with E-state index in [2.05, 4.69) is 45.6 Å². The van der Waals surface area contributed by atoms with Gasteiger partial charge in [0, 0.05) is 30.7 Å². The van der Waals surface area contributed by atoms with Crippen molar-refractivity contribution < 1.29 is 0 Å². The third-order valence-electron chi connectivity index (χ3n) is 4.09. The van der Waals surface area contributed by atoms with Crippen molar-refractivity contribution in [3.8, 4) is 0 Å². The van der Waals surface area contributed by atoms with Crippen molar-refractivity contribution in [3.05, 3.63) is 47.5 Å². The molecule has 1 saturated heterocycles. The van der Waals surface area contributed by atoms with Crippen molar-refractivity contribution in [1.82, 2.24) is 19.7 Å². The van der Waals surface area contributed by atoms with Gasteiger partial charge in [-0.1, -0.05) is 6.07 Å². The highest BCUT2D eigenvalue weighted by molar-refractivity contribution is 5.09. The molecule has 0 amide bonds. The Morgan fingerprint density at radius 3 is 2.95 bits per heavy atom. The molecular formula is C16H22N4. The Labute approximate surface area is 120 Å². The molecule has 0 aromatic carbocycles. The van der Waals surface area contributed by atoms with Gasteiger partial charge in [0.15, 0.2) is 0 Å². The highest BCUT2D eigenvalue weighted by Crippen LogP contribution is 2.21. The van der Waals surface area contributed by atoms with Crippen molar-refractivity contribution in [1.29, 1.82) is 0 Å². The zero-order valence-corrected chi connectivity index (χ0v) is 12.3. The smallest absolute Gasteiger partial charge is 0.0596 e. The lowest BCUT2D eigenvalue weighted by Crippen LogP contribution is -2.33. The molecule has 3 heterocycles. The maximum atomic E-state index is 4.59. The Morgan fingerprint density at radius 2 is 2.25 bits per heavy atom. The first kappa shape index (κ1) is 13.3. The van der Waals surface area contributed by atoms with Crippen LogP contribution in [0.2, 0.25) is 0 Å². The van der Waals surface area contributed by atoms with E-state index < -0.39 is 0 Å². The number of pyridine rings is 1. The number of nitrogens with zero attached hydrogens (tertiary/aromatic N) is 4. The lowest BCUT2D eigenvalue weighted by molar-refractivity contribution is 0.218. The zero-order valence-electron chi connectivity index (χ0n) is 12.3. The number of rotatable bonds is 4. The molecule has 1 aliphatic rings. The normalized spacial score (nSPS) is 19.6. The van der Waals surface area contributed by atoms with Crippen LogP contribution in [0.4, 0.5) is 0 Å². The molecule has 1 atom stereocenters. The average molecular weight is 270 g/mol. The van der Waals surface area contributed by atoms with Gasteiger partial charge in [-0.3, -0.25) is 14.6 Å². The van der Waals surface area contributed by atoms with E-state index in [1.165, 1.54) is 30.6 Å². The molecule has 20 heavy (non-hydrogen) atoms. The van der Waals surface area contributed by atoms with Crippen LogP contribution in [-0.4, -0.2) is 32.3 Å². The van der Waals surface area contributed by atoms with E-state index in [9.17, 15) is 0 Å². The second kappa shape index (κ2) is 5.75. The molecule has 4 nitrogen and oxygen atoms in total. The van der Waals surface area contributed by atoms with Crippen LogP contribution in [-0.2, 0) is 13.1 Å². The summed E-state index contributed by atoms with van der Waals surface area (Å²) in [5, 5.41) is 4.59. The first-order chi connectivity index (χ1) is 9.72. The summed E-state index contributed by atoms with van der Waals surface area (Å²) >= 11 is 0. The van der Waals surface area contributed by atoms with Crippen LogP contribution in [0.1, 0.15) is 29.8 Å². The summed E-state index contributed by atoms with van der Waals surface area (Å²) in [7, 11) is 0. The second-order valence-electron chi connectivity index (χ2n) is 5.74. The number of aromatic nitrogens is 3. The Bertz CT molecular complexity index is 561. The van der Waals surface area contributed by atoms with Gasteiger partial charge in [-0.25, -0.2) is 0 Å². The van der Waals surface area contributed by atoms with E-state index in [-0.39, 0.29) is 0 Å². The Balaban J connectivity index is 1.68. The van der Waals surface area contributed by atoms with Crippen LogP contribution >= 0.6 is 0 Å². The molecule has 0 spiro atoms. The van der Waals surface area contributed by atoms with Crippen LogP contribution in [0.15, 0.2) is 30.6 Å². The monoisotopic (exact) mass is 270 g/mol. The van der Waals surface area contributed by atoms with Gasteiger partial charge in [0.2, 0.25) is 0 Å². The molecule has 2 aromatic heterocycles. The molecule has 3 rings (SSSR count). The third kappa shape index (κ3) is 2.90. The second-order valence-corrected chi connectivity index (χ2v) is 5.74. The molecule has 0 N–H and O–H groups in total. The molecule has 106 valence electrons. The Hall–Kier alpha value is -1.68. The number of hydrogen-bond acceptors (Lipinski definition) is 3. The van der Waals surface area contributed by atoms with Gasteiger partial charge in [0.05, 0.1) is 12.2 Å². The average Bonchev–Trinajstić information content (AvgIpc) is 2.99.